The van der Waals surface area contributed by atoms with Crippen LogP contribution in [-0.4, -0.2) is 44.6 Å². The Kier molecular flexibility index (Phi) is 5.78. The minimum atomic E-state index is -3.78. The van der Waals surface area contributed by atoms with Gasteiger partial charge >= 0.3 is 0 Å². The van der Waals surface area contributed by atoms with Crippen LogP contribution in [0, 0.1) is 6.92 Å². The van der Waals surface area contributed by atoms with E-state index in [1.807, 2.05) is 18.2 Å². The molecule has 0 amide bonds. The van der Waals surface area contributed by atoms with E-state index in [0.717, 1.165) is 26.2 Å². The first kappa shape index (κ1) is 20.4. The summed E-state index contributed by atoms with van der Waals surface area (Å²) in [5.41, 5.74) is 2.01. The molecule has 0 saturated carbocycles. The second-order valence-electron chi connectivity index (χ2n) is 7.05. The minimum absolute atomic E-state index is 0.135. The maximum Gasteiger partial charge on any atom is 0.262 e. The van der Waals surface area contributed by atoms with Crippen molar-refractivity contribution in [2.45, 2.75) is 11.8 Å². The Bertz CT molecular complexity index is 1120. The number of benzene rings is 2. The molecule has 4 rings (SSSR count). The molecule has 1 N–H and O–H groups in total. The number of hydrogen-bond acceptors (Lipinski definition) is 6. The predicted octanol–water partition coefficient (Wildman–Crippen LogP) is 3.57. The van der Waals surface area contributed by atoms with Crippen molar-refractivity contribution in [3.05, 3.63) is 71.5 Å². The zero-order valence-electron chi connectivity index (χ0n) is 16.5. The van der Waals surface area contributed by atoms with E-state index in [0.29, 0.717) is 22.2 Å². The third-order valence-corrected chi connectivity index (χ3v) is 7.02. The highest BCUT2D eigenvalue weighted by Crippen LogP contribution is 2.25. The quantitative estimate of drug-likeness (QED) is 0.649. The van der Waals surface area contributed by atoms with Crippen LogP contribution < -0.4 is 14.5 Å². The van der Waals surface area contributed by atoms with Crippen molar-refractivity contribution in [3.8, 4) is 0 Å². The smallest absolute Gasteiger partial charge is 0.262 e. The van der Waals surface area contributed by atoms with Gasteiger partial charge in [0, 0.05) is 36.9 Å². The van der Waals surface area contributed by atoms with Crippen molar-refractivity contribution >= 4 is 38.9 Å². The standard InChI is InChI=1S/C21H22ClN5O2S/c1-16-19(22)8-5-9-20(16)30(28,29)25-17-14-23-21(24-15-17)27-12-10-26(11-13-27)18-6-3-2-4-7-18/h2-9,14-15,25H,10-13H2,1H3. The molecule has 2 heterocycles. The van der Waals surface area contributed by atoms with Crippen LogP contribution in [-0.2, 0) is 10.0 Å². The second-order valence-corrected chi connectivity index (χ2v) is 9.11. The van der Waals surface area contributed by atoms with E-state index >= 15 is 0 Å². The normalized spacial score (nSPS) is 14.6. The number of nitrogens with one attached hydrogen (secondary N) is 1. The van der Waals surface area contributed by atoms with Crippen LogP contribution in [0.5, 0.6) is 0 Å². The Morgan fingerprint density at radius 2 is 1.53 bits per heavy atom. The lowest BCUT2D eigenvalue weighted by Crippen LogP contribution is -2.47. The van der Waals surface area contributed by atoms with Crippen LogP contribution in [0.3, 0.4) is 0 Å². The summed E-state index contributed by atoms with van der Waals surface area (Å²) in [6.45, 7) is 5.00. The number of aromatic nitrogens is 2. The van der Waals surface area contributed by atoms with Gasteiger partial charge in [-0.25, -0.2) is 18.4 Å². The molecule has 3 aromatic rings. The van der Waals surface area contributed by atoms with Crippen LogP contribution in [0.2, 0.25) is 5.02 Å². The molecular weight excluding hydrogens is 422 g/mol. The summed E-state index contributed by atoms with van der Waals surface area (Å²) in [6, 6.07) is 15.1. The monoisotopic (exact) mass is 443 g/mol. The molecule has 0 radical (unpaired) electrons. The van der Waals surface area contributed by atoms with Gasteiger partial charge in [0.25, 0.3) is 10.0 Å². The van der Waals surface area contributed by atoms with Crippen molar-refractivity contribution < 1.29 is 8.42 Å². The average molecular weight is 444 g/mol. The van der Waals surface area contributed by atoms with E-state index in [1.165, 1.54) is 24.1 Å². The van der Waals surface area contributed by atoms with Crippen molar-refractivity contribution in [2.24, 2.45) is 0 Å². The predicted molar refractivity (Wildman–Crippen MR) is 120 cm³/mol. The van der Waals surface area contributed by atoms with Gasteiger partial charge in [-0.15, -0.1) is 0 Å². The highest BCUT2D eigenvalue weighted by molar-refractivity contribution is 7.92. The fourth-order valence-electron chi connectivity index (χ4n) is 3.43. The number of nitrogens with zero attached hydrogens (tertiary/aromatic N) is 4. The summed E-state index contributed by atoms with van der Waals surface area (Å²) >= 11 is 6.05. The van der Waals surface area contributed by atoms with Crippen molar-refractivity contribution in [1.82, 2.24) is 9.97 Å². The van der Waals surface area contributed by atoms with Crippen LogP contribution >= 0.6 is 11.6 Å². The zero-order valence-corrected chi connectivity index (χ0v) is 18.1. The molecule has 2 aromatic carbocycles. The number of halogens is 1. The number of anilines is 3. The first-order valence-corrected chi connectivity index (χ1v) is 11.4. The summed E-state index contributed by atoms with van der Waals surface area (Å²) in [7, 11) is -3.78. The van der Waals surface area contributed by atoms with Gasteiger partial charge in [0.15, 0.2) is 0 Å². The first-order chi connectivity index (χ1) is 14.4. The topological polar surface area (TPSA) is 78.4 Å². The second kappa shape index (κ2) is 8.49. The van der Waals surface area contributed by atoms with Crippen LogP contribution in [0.1, 0.15) is 5.56 Å². The molecule has 0 atom stereocenters. The van der Waals surface area contributed by atoms with Gasteiger partial charge in [0.05, 0.1) is 23.0 Å². The fourth-order valence-corrected chi connectivity index (χ4v) is 4.96. The molecule has 1 aromatic heterocycles. The lowest BCUT2D eigenvalue weighted by atomic mass is 10.2. The Morgan fingerprint density at radius 3 is 2.20 bits per heavy atom. The molecule has 0 bridgehead atoms. The van der Waals surface area contributed by atoms with E-state index in [2.05, 4.69) is 36.6 Å². The molecule has 1 aliphatic rings. The highest BCUT2D eigenvalue weighted by atomic mass is 35.5. The van der Waals surface area contributed by atoms with Gasteiger partial charge in [0.1, 0.15) is 0 Å². The van der Waals surface area contributed by atoms with E-state index in [1.54, 1.807) is 19.1 Å². The minimum Gasteiger partial charge on any atom is -0.368 e. The highest BCUT2D eigenvalue weighted by Gasteiger charge is 2.21. The molecule has 1 saturated heterocycles. The van der Waals surface area contributed by atoms with E-state index in [9.17, 15) is 8.42 Å². The van der Waals surface area contributed by atoms with Gasteiger partial charge in [-0.2, -0.15) is 0 Å². The summed E-state index contributed by atoms with van der Waals surface area (Å²) in [4.78, 5) is 13.3. The maximum absolute atomic E-state index is 12.7. The molecule has 156 valence electrons. The summed E-state index contributed by atoms with van der Waals surface area (Å²) in [5.74, 6) is 0.588. The van der Waals surface area contributed by atoms with Gasteiger partial charge < -0.3 is 9.80 Å². The summed E-state index contributed by atoms with van der Waals surface area (Å²) in [6.07, 6.45) is 2.98. The molecule has 9 heteroatoms. The number of piperazine rings is 1. The number of hydrogen-bond donors (Lipinski definition) is 1. The zero-order chi connectivity index (χ0) is 21.1. The van der Waals surface area contributed by atoms with Crippen LogP contribution in [0.15, 0.2) is 65.8 Å². The molecule has 0 aliphatic carbocycles. The van der Waals surface area contributed by atoms with Crippen LogP contribution in [0.25, 0.3) is 0 Å². The Labute approximate surface area is 181 Å². The Hall–Kier alpha value is -2.84. The molecule has 30 heavy (non-hydrogen) atoms. The number of para-hydroxylation sites is 1. The van der Waals surface area contributed by atoms with Crippen LogP contribution in [0.4, 0.5) is 17.3 Å². The van der Waals surface area contributed by atoms with Gasteiger partial charge in [-0.1, -0.05) is 35.9 Å². The molecular formula is C21H22ClN5O2S. The SMILES string of the molecule is Cc1c(Cl)cccc1S(=O)(=O)Nc1cnc(N2CCN(c3ccccc3)CC2)nc1. The molecule has 0 spiro atoms. The third kappa shape index (κ3) is 4.34. The van der Waals surface area contributed by atoms with E-state index in [4.69, 9.17) is 11.6 Å². The Morgan fingerprint density at radius 1 is 0.900 bits per heavy atom. The van der Waals surface area contributed by atoms with Crippen molar-refractivity contribution in [2.75, 3.05) is 40.7 Å². The van der Waals surface area contributed by atoms with Gasteiger partial charge in [-0.05, 0) is 36.8 Å². The fraction of sp³-hybridized carbons (Fsp3) is 0.238. The molecule has 1 fully saturated rings. The Balaban J connectivity index is 1.42. The first-order valence-electron chi connectivity index (χ1n) is 9.59. The number of rotatable bonds is 5. The van der Waals surface area contributed by atoms with E-state index in [-0.39, 0.29) is 4.90 Å². The lowest BCUT2D eigenvalue weighted by Gasteiger charge is -2.36. The molecule has 1 aliphatic heterocycles. The largest absolute Gasteiger partial charge is 0.368 e. The maximum atomic E-state index is 12.7. The van der Waals surface area contributed by atoms with Gasteiger partial charge in [-0.3, -0.25) is 4.72 Å². The molecule has 0 unspecified atom stereocenters. The van der Waals surface area contributed by atoms with Gasteiger partial charge in [0.2, 0.25) is 5.95 Å². The third-order valence-electron chi connectivity index (χ3n) is 5.08. The summed E-state index contributed by atoms with van der Waals surface area (Å²) in [5, 5.41) is 0.402. The average Bonchev–Trinajstić information content (AvgIpc) is 2.76. The summed E-state index contributed by atoms with van der Waals surface area (Å²) < 4.78 is 27.9. The molecule has 7 nitrogen and oxygen atoms in total. The number of sulfonamides is 1. The lowest BCUT2D eigenvalue weighted by molar-refractivity contribution is 0.600. The van der Waals surface area contributed by atoms with E-state index < -0.39 is 10.0 Å². The van der Waals surface area contributed by atoms with Crippen molar-refractivity contribution in [1.29, 1.82) is 0 Å². The van der Waals surface area contributed by atoms with Crippen molar-refractivity contribution in [3.63, 3.8) is 0 Å².